The van der Waals surface area contributed by atoms with Crippen LogP contribution in [0.3, 0.4) is 0 Å². The van der Waals surface area contributed by atoms with Gasteiger partial charge in [-0.2, -0.15) is 0 Å². The van der Waals surface area contributed by atoms with E-state index in [9.17, 15) is 14.0 Å². The van der Waals surface area contributed by atoms with Crippen LogP contribution in [-0.4, -0.2) is 56.1 Å². The van der Waals surface area contributed by atoms with Crippen LogP contribution in [-0.2, 0) is 14.3 Å². The van der Waals surface area contributed by atoms with Crippen LogP contribution in [0.2, 0.25) is 0 Å². The molecule has 3 N–H and O–H groups in total. The maximum Gasteiger partial charge on any atom is 0.224 e. The highest BCUT2D eigenvalue weighted by atomic mass is 19.1. The van der Waals surface area contributed by atoms with Crippen molar-refractivity contribution in [2.24, 2.45) is 0 Å². The number of hydrogen-bond donors (Lipinski definition) is 3. The molecule has 1 aliphatic heterocycles. The van der Waals surface area contributed by atoms with Crippen molar-refractivity contribution in [2.45, 2.75) is 38.3 Å². The van der Waals surface area contributed by atoms with Crippen LogP contribution in [0, 0.1) is 12.7 Å². The quantitative estimate of drug-likeness (QED) is 0.644. The van der Waals surface area contributed by atoms with Crippen LogP contribution in [0.1, 0.15) is 24.8 Å². The van der Waals surface area contributed by atoms with E-state index in [-0.39, 0.29) is 42.4 Å². The lowest BCUT2D eigenvalue weighted by molar-refractivity contribution is -0.131. The highest BCUT2D eigenvalue weighted by Crippen LogP contribution is 2.16. The molecule has 0 aliphatic carbocycles. The van der Waals surface area contributed by atoms with Crippen molar-refractivity contribution in [1.82, 2.24) is 15.8 Å². The SMILES string of the molecule is COCC1CC(CN(C)C(=O)CCC(=O)Nc2cc(C)ccc2F)NN1. The summed E-state index contributed by atoms with van der Waals surface area (Å²) in [5.41, 5.74) is 7.26. The van der Waals surface area contributed by atoms with E-state index in [0.29, 0.717) is 13.2 Å². The second-order valence-electron chi connectivity index (χ2n) is 6.68. The molecule has 2 amide bonds. The van der Waals surface area contributed by atoms with Gasteiger partial charge in [0.25, 0.3) is 0 Å². The molecular weight excluding hydrogens is 339 g/mol. The number of benzene rings is 1. The van der Waals surface area contributed by atoms with E-state index < -0.39 is 5.82 Å². The molecule has 0 radical (unpaired) electrons. The first kappa shape index (κ1) is 20.3. The Balaban J connectivity index is 1.73. The predicted molar refractivity (Wildman–Crippen MR) is 97.0 cm³/mol. The van der Waals surface area contributed by atoms with Crippen molar-refractivity contribution < 1.29 is 18.7 Å². The van der Waals surface area contributed by atoms with E-state index in [0.717, 1.165) is 12.0 Å². The number of hydrazine groups is 1. The minimum Gasteiger partial charge on any atom is -0.383 e. The first-order chi connectivity index (χ1) is 12.4. The molecule has 0 bridgehead atoms. The summed E-state index contributed by atoms with van der Waals surface area (Å²) in [5.74, 6) is -0.989. The van der Waals surface area contributed by atoms with Crippen molar-refractivity contribution in [1.29, 1.82) is 0 Å². The molecule has 1 fully saturated rings. The van der Waals surface area contributed by atoms with Crippen molar-refractivity contribution >= 4 is 17.5 Å². The van der Waals surface area contributed by atoms with Gasteiger partial charge in [-0.25, -0.2) is 4.39 Å². The third-order valence-electron chi connectivity index (χ3n) is 4.31. The molecule has 1 aromatic rings. The van der Waals surface area contributed by atoms with Gasteiger partial charge in [-0.15, -0.1) is 0 Å². The zero-order valence-corrected chi connectivity index (χ0v) is 15.5. The van der Waals surface area contributed by atoms with Crippen LogP contribution < -0.4 is 16.2 Å². The number of methoxy groups -OCH3 is 1. The standard InChI is InChI=1S/C18H27FN4O3/c1-12-4-5-15(19)16(8-12)20-17(24)6-7-18(25)23(2)10-13-9-14(11-26-3)22-21-13/h4-5,8,13-14,21-22H,6-7,9-11H2,1-3H3,(H,20,24). The summed E-state index contributed by atoms with van der Waals surface area (Å²) in [6, 6.07) is 4.87. The number of ether oxygens (including phenoxy) is 1. The Hall–Kier alpha value is -2.03. The number of hydrogen-bond acceptors (Lipinski definition) is 5. The molecule has 1 aliphatic rings. The van der Waals surface area contributed by atoms with Crippen molar-refractivity contribution in [3.8, 4) is 0 Å². The lowest BCUT2D eigenvalue weighted by Gasteiger charge is -2.21. The Bertz CT molecular complexity index is 641. The summed E-state index contributed by atoms with van der Waals surface area (Å²) in [6.07, 6.45) is 0.954. The number of rotatable bonds is 8. The maximum absolute atomic E-state index is 13.7. The summed E-state index contributed by atoms with van der Waals surface area (Å²) >= 11 is 0. The number of amides is 2. The first-order valence-corrected chi connectivity index (χ1v) is 8.69. The van der Waals surface area contributed by atoms with Crippen LogP contribution in [0.4, 0.5) is 10.1 Å². The van der Waals surface area contributed by atoms with Gasteiger partial charge in [-0.1, -0.05) is 6.07 Å². The number of likely N-dealkylation sites (N-methyl/N-ethyl adjacent to an activating group) is 1. The molecular formula is C18H27FN4O3. The highest BCUT2D eigenvalue weighted by molar-refractivity contribution is 5.93. The van der Waals surface area contributed by atoms with Gasteiger partial charge >= 0.3 is 0 Å². The number of carbonyl (C=O) groups is 2. The van der Waals surface area contributed by atoms with Crippen LogP contribution >= 0.6 is 0 Å². The fourth-order valence-electron chi connectivity index (χ4n) is 2.92. The summed E-state index contributed by atoms with van der Waals surface area (Å²) in [6.45, 7) is 2.97. The largest absolute Gasteiger partial charge is 0.383 e. The first-order valence-electron chi connectivity index (χ1n) is 8.69. The van der Waals surface area contributed by atoms with Gasteiger partial charge < -0.3 is 15.0 Å². The fourth-order valence-corrected chi connectivity index (χ4v) is 2.92. The van der Waals surface area contributed by atoms with E-state index in [2.05, 4.69) is 16.2 Å². The lowest BCUT2D eigenvalue weighted by Crippen LogP contribution is -2.41. The number of anilines is 1. The Morgan fingerprint density at radius 2 is 2.04 bits per heavy atom. The van der Waals surface area contributed by atoms with E-state index in [1.165, 1.54) is 6.07 Å². The van der Waals surface area contributed by atoms with Crippen molar-refractivity contribution in [3.05, 3.63) is 29.6 Å². The topological polar surface area (TPSA) is 82.7 Å². The third-order valence-corrected chi connectivity index (χ3v) is 4.31. The summed E-state index contributed by atoms with van der Waals surface area (Å²) in [7, 11) is 3.37. The third kappa shape index (κ3) is 6.05. The summed E-state index contributed by atoms with van der Waals surface area (Å²) in [4.78, 5) is 25.8. The lowest BCUT2D eigenvalue weighted by atomic mass is 10.1. The van der Waals surface area contributed by atoms with Crippen LogP contribution in [0.25, 0.3) is 0 Å². The predicted octanol–water partition coefficient (Wildman–Crippen LogP) is 1.19. The molecule has 1 saturated heterocycles. The minimum atomic E-state index is -0.488. The zero-order valence-electron chi connectivity index (χ0n) is 15.5. The number of nitrogens with zero attached hydrogens (tertiary/aromatic N) is 1. The van der Waals surface area contributed by atoms with Crippen molar-refractivity contribution in [2.75, 3.05) is 32.6 Å². The Labute approximate surface area is 153 Å². The van der Waals surface area contributed by atoms with Gasteiger partial charge in [-0.3, -0.25) is 20.4 Å². The zero-order chi connectivity index (χ0) is 19.1. The maximum atomic E-state index is 13.7. The molecule has 1 heterocycles. The molecule has 2 unspecified atom stereocenters. The molecule has 0 spiro atoms. The molecule has 2 atom stereocenters. The van der Waals surface area contributed by atoms with E-state index >= 15 is 0 Å². The van der Waals surface area contributed by atoms with E-state index in [1.807, 2.05) is 6.92 Å². The molecule has 1 aromatic carbocycles. The number of halogens is 1. The number of nitrogens with one attached hydrogen (secondary N) is 3. The Morgan fingerprint density at radius 3 is 2.77 bits per heavy atom. The Morgan fingerprint density at radius 1 is 1.31 bits per heavy atom. The minimum absolute atomic E-state index is 0.0131. The molecule has 26 heavy (non-hydrogen) atoms. The van der Waals surface area contributed by atoms with Gasteiger partial charge in [-0.05, 0) is 31.0 Å². The number of aryl methyl sites for hydroxylation is 1. The van der Waals surface area contributed by atoms with Gasteiger partial charge in [0.1, 0.15) is 5.82 Å². The van der Waals surface area contributed by atoms with E-state index in [1.54, 1.807) is 31.2 Å². The van der Waals surface area contributed by atoms with Crippen molar-refractivity contribution in [3.63, 3.8) is 0 Å². The second-order valence-corrected chi connectivity index (χ2v) is 6.68. The average Bonchev–Trinajstić information content (AvgIpc) is 3.03. The fraction of sp³-hybridized carbons (Fsp3) is 0.556. The monoisotopic (exact) mass is 366 g/mol. The van der Waals surface area contributed by atoms with E-state index in [4.69, 9.17) is 4.74 Å². The second kappa shape index (κ2) is 9.61. The normalized spacial score (nSPS) is 19.4. The van der Waals surface area contributed by atoms with Gasteiger partial charge in [0, 0.05) is 45.6 Å². The Kier molecular flexibility index (Phi) is 7.50. The summed E-state index contributed by atoms with van der Waals surface area (Å²) in [5, 5.41) is 2.52. The molecule has 0 aromatic heterocycles. The molecule has 2 rings (SSSR count). The highest BCUT2D eigenvalue weighted by Gasteiger charge is 2.25. The molecule has 144 valence electrons. The summed E-state index contributed by atoms with van der Waals surface area (Å²) < 4.78 is 18.8. The molecule has 8 heteroatoms. The number of carbonyl (C=O) groups excluding carboxylic acids is 2. The van der Waals surface area contributed by atoms with Gasteiger partial charge in [0.2, 0.25) is 11.8 Å². The molecule has 0 saturated carbocycles. The molecule has 7 nitrogen and oxygen atoms in total. The van der Waals surface area contributed by atoms with Crippen LogP contribution in [0.15, 0.2) is 18.2 Å². The average molecular weight is 366 g/mol. The van der Waals surface area contributed by atoms with Crippen LogP contribution in [0.5, 0.6) is 0 Å². The smallest absolute Gasteiger partial charge is 0.224 e. The van der Waals surface area contributed by atoms with Gasteiger partial charge in [0.05, 0.1) is 12.3 Å². The van der Waals surface area contributed by atoms with Gasteiger partial charge in [0.15, 0.2) is 0 Å².